The third kappa shape index (κ3) is 4.86. The molecule has 224 valence electrons. The number of rotatable bonds is 9. The van der Waals surface area contributed by atoms with E-state index in [0.717, 1.165) is 11.1 Å². The highest BCUT2D eigenvalue weighted by molar-refractivity contribution is 6.05. The van der Waals surface area contributed by atoms with Crippen LogP contribution >= 0.6 is 0 Å². The third-order valence-corrected chi connectivity index (χ3v) is 9.14. The first kappa shape index (κ1) is 28.9. The van der Waals surface area contributed by atoms with E-state index in [1.54, 1.807) is 24.3 Å². The summed E-state index contributed by atoms with van der Waals surface area (Å²) in [5.74, 6) is -2.05. The number of aliphatic hydroxyl groups excluding tert-OH is 1. The molecule has 6 atom stereocenters. The zero-order chi connectivity index (χ0) is 30.3. The Morgan fingerprint density at radius 1 is 1.00 bits per heavy atom. The summed E-state index contributed by atoms with van der Waals surface area (Å²) in [6, 6.07) is 20.2. The molecule has 3 fully saturated rings. The van der Waals surface area contributed by atoms with E-state index in [2.05, 4.69) is 10.6 Å². The molecular formula is C34H37N3O6. The number of benzene rings is 3. The lowest BCUT2D eigenvalue weighted by atomic mass is 9.70. The molecule has 0 aromatic heterocycles. The third-order valence-electron chi connectivity index (χ3n) is 9.14. The predicted octanol–water partition coefficient (Wildman–Crippen LogP) is 4.39. The van der Waals surface area contributed by atoms with Crippen molar-refractivity contribution in [2.75, 3.05) is 23.8 Å². The second kappa shape index (κ2) is 11.5. The van der Waals surface area contributed by atoms with Crippen molar-refractivity contribution in [3.63, 3.8) is 0 Å². The fourth-order valence-electron chi connectivity index (χ4n) is 7.29. The lowest BCUT2D eigenvalue weighted by molar-refractivity contribution is -0.143. The molecule has 3 heterocycles. The van der Waals surface area contributed by atoms with Gasteiger partial charge in [0.05, 0.1) is 37.2 Å². The SMILES string of the molecule is CCOc1ccc(NC(=O)[C@@H]2[C@@H]3CCC4(O3)C(C(=O)Nc3c(C)cccc3C)N([C@H](CO)c3ccccc3)C(=O)[C@H]24)cc1. The zero-order valence-electron chi connectivity index (χ0n) is 24.6. The van der Waals surface area contributed by atoms with Crippen LogP contribution in [0.15, 0.2) is 72.8 Å². The van der Waals surface area contributed by atoms with Crippen molar-refractivity contribution in [2.45, 2.75) is 57.4 Å². The van der Waals surface area contributed by atoms with Gasteiger partial charge < -0.3 is 30.1 Å². The Morgan fingerprint density at radius 3 is 2.35 bits per heavy atom. The van der Waals surface area contributed by atoms with Crippen LogP contribution in [0, 0.1) is 25.7 Å². The Hall–Kier alpha value is -4.21. The maximum Gasteiger partial charge on any atom is 0.250 e. The maximum atomic E-state index is 14.5. The van der Waals surface area contributed by atoms with Gasteiger partial charge in [0.1, 0.15) is 17.4 Å². The van der Waals surface area contributed by atoms with Crippen molar-refractivity contribution in [1.29, 1.82) is 0 Å². The monoisotopic (exact) mass is 583 g/mol. The van der Waals surface area contributed by atoms with Gasteiger partial charge in [0, 0.05) is 11.4 Å². The maximum absolute atomic E-state index is 14.5. The molecule has 3 aliphatic heterocycles. The molecule has 2 bridgehead atoms. The van der Waals surface area contributed by atoms with Crippen LogP contribution in [0.1, 0.15) is 42.5 Å². The van der Waals surface area contributed by atoms with Crippen molar-refractivity contribution in [3.05, 3.63) is 89.5 Å². The molecule has 43 heavy (non-hydrogen) atoms. The van der Waals surface area contributed by atoms with Crippen molar-refractivity contribution in [1.82, 2.24) is 4.90 Å². The molecule has 0 aliphatic carbocycles. The van der Waals surface area contributed by atoms with E-state index in [0.29, 0.717) is 42.1 Å². The summed E-state index contributed by atoms with van der Waals surface area (Å²) in [4.78, 5) is 44.1. The van der Waals surface area contributed by atoms with E-state index >= 15 is 0 Å². The summed E-state index contributed by atoms with van der Waals surface area (Å²) in [5, 5.41) is 16.7. The lowest BCUT2D eigenvalue weighted by Gasteiger charge is -2.37. The molecule has 3 saturated heterocycles. The van der Waals surface area contributed by atoms with E-state index in [9.17, 15) is 19.5 Å². The van der Waals surface area contributed by atoms with E-state index in [4.69, 9.17) is 9.47 Å². The molecule has 0 radical (unpaired) electrons. The highest BCUT2D eigenvalue weighted by atomic mass is 16.5. The number of hydrogen-bond donors (Lipinski definition) is 3. The number of amides is 3. The molecule has 6 rings (SSSR count). The van der Waals surface area contributed by atoms with Crippen LogP contribution < -0.4 is 15.4 Å². The van der Waals surface area contributed by atoms with Crippen LogP contribution in [0.3, 0.4) is 0 Å². The van der Waals surface area contributed by atoms with Gasteiger partial charge in [-0.05, 0) is 74.6 Å². The zero-order valence-corrected chi connectivity index (χ0v) is 24.6. The van der Waals surface area contributed by atoms with Gasteiger partial charge in [0.15, 0.2) is 0 Å². The Kier molecular flexibility index (Phi) is 7.70. The summed E-state index contributed by atoms with van der Waals surface area (Å²) < 4.78 is 12.1. The molecule has 3 aromatic carbocycles. The van der Waals surface area contributed by atoms with Crippen LogP contribution in [0.25, 0.3) is 0 Å². The Morgan fingerprint density at radius 2 is 1.70 bits per heavy atom. The van der Waals surface area contributed by atoms with Crippen LogP contribution in [-0.2, 0) is 19.1 Å². The van der Waals surface area contributed by atoms with Crippen LogP contribution in [0.2, 0.25) is 0 Å². The van der Waals surface area contributed by atoms with Crippen molar-refractivity contribution < 1.29 is 29.0 Å². The Bertz CT molecular complexity index is 1510. The van der Waals surface area contributed by atoms with Gasteiger partial charge in [-0.15, -0.1) is 0 Å². The first-order valence-electron chi connectivity index (χ1n) is 14.9. The number of carbonyl (C=O) groups is 3. The van der Waals surface area contributed by atoms with Crippen LogP contribution in [0.5, 0.6) is 5.75 Å². The molecule has 3 N–H and O–H groups in total. The molecule has 2 unspecified atom stereocenters. The van der Waals surface area contributed by atoms with Gasteiger partial charge in [-0.25, -0.2) is 0 Å². The Balaban J connectivity index is 1.37. The minimum Gasteiger partial charge on any atom is -0.494 e. The normalized spacial score (nSPS) is 26.2. The number of anilines is 2. The van der Waals surface area contributed by atoms with E-state index < -0.39 is 48.1 Å². The minimum absolute atomic E-state index is 0.329. The lowest BCUT2D eigenvalue weighted by Crippen LogP contribution is -2.54. The Labute approximate surface area is 251 Å². The van der Waals surface area contributed by atoms with Gasteiger partial charge in [-0.2, -0.15) is 0 Å². The molecule has 1 spiro atoms. The predicted molar refractivity (Wildman–Crippen MR) is 162 cm³/mol. The van der Waals surface area contributed by atoms with Crippen LogP contribution in [0.4, 0.5) is 11.4 Å². The van der Waals surface area contributed by atoms with Gasteiger partial charge in [0.25, 0.3) is 0 Å². The summed E-state index contributed by atoms with van der Waals surface area (Å²) in [5.41, 5.74) is 2.54. The number of fused-ring (bicyclic) bond motifs is 1. The van der Waals surface area contributed by atoms with Gasteiger partial charge in [-0.1, -0.05) is 48.5 Å². The van der Waals surface area contributed by atoms with E-state index in [-0.39, 0.29) is 11.8 Å². The quantitative estimate of drug-likeness (QED) is 0.344. The average molecular weight is 584 g/mol. The molecular weight excluding hydrogens is 546 g/mol. The number of nitrogens with one attached hydrogen (secondary N) is 2. The molecule has 0 saturated carbocycles. The topological polar surface area (TPSA) is 117 Å². The number of hydrogen-bond acceptors (Lipinski definition) is 6. The summed E-state index contributed by atoms with van der Waals surface area (Å²) in [6.07, 6.45) is 0.495. The van der Waals surface area contributed by atoms with Gasteiger partial charge in [0.2, 0.25) is 17.7 Å². The summed E-state index contributed by atoms with van der Waals surface area (Å²) >= 11 is 0. The molecule has 3 aromatic rings. The number of nitrogens with zero attached hydrogens (tertiary/aromatic N) is 1. The first-order chi connectivity index (χ1) is 20.8. The molecule has 9 heteroatoms. The average Bonchev–Trinajstić information content (AvgIpc) is 3.65. The second-order valence-electron chi connectivity index (χ2n) is 11.6. The smallest absolute Gasteiger partial charge is 0.250 e. The second-order valence-corrected chi connectivity index (χ2v) is 11.6. The fourth-order valence-corrected chi connectivity index (χ4v) is 7.29. The van der Waals surface area contributed by atoms with Gasteiger partial charge >= 0.3 is 0 Å². The van der Waals surface area contributed by atoms with Crippen molar-refractivity contribution in [2.24, 2.45) is 11.8 Å². The number of carbonyl (C=O) groups excluding carboxylic acids is 3. The molecule has 3 amide bonds. The standard InChI is InChI=1S/C34H37N3O6/c1-4-42-24-15-13-23(14-16-24)35-31(39)27-26-17-18-34(43-26)28(27)33(41)37(25(19-38)22-11-6-5-7-12-22)30(34)32(40)36-29-20(2)9-8-10-21(29)3/h5-16,25-28,30,38H,4,17-19H2,1-3H3,(H,35,39)(H,36,40)/t25-,26+,27-,28+,30?,34?/m1/s1. The number of aliphatic hydroxyl groups is 1. The number of likely N-dealkylation sites (tertiary alicyclic amines) is 1. The summed E-state index contributed by atoms with van der Waals surface area (Å²) in [7, 11) is 0. The fraction of sp³-hybridized carbons (Fsp3) is 0.382. The largest absolute Gasteiger partial charge is 0.494 e. The molecule has 3 aliphatic rings. The molecule has 9 nitrogen and oxygen atoms in total. The van der Waals surface area contributed by atoms with Gasteiger partial charge in [-0.3, -0.25) is 14.4 Å². The first-order valence-corrected chi connectivity index (χ1v) is 14.9. The highest BCUT2D eigenvalue weighted by Gasteiger charge is 2.75. The van der Waals surface area contributed by atoms with Crippen molar-refractivity contribution >= 4 is 29.1 Å². The summed E-state index contributed by atoms with van der Waals surface area (Å²) in [6.45, 7) is 5.88. The van der Waals surface area contributed by atoms with Crippen LogP contribution in [-0.4, -0.2) is 58.7 Å². The number of para-hydroxylation sites is 1. The van der Waals surface area contributed by atoms with Crippen molar-refractivity contribution in [3.8, 4) is 5.75 Å². The number of ether oxygens (including phenoxy) is 2. The van der Waals surface area contributed by atoms with E-state index in [1.165, 1.54) is 4.90 Å². The minimum atomic E-state index is -1.20. The highest BCUT2D eigenvalue weighted by Crippen LogP contribution is 2.60. The van der Waals surface area contributed by atoms with E-state index in [1.807, 2.05) is 69.3 Å². The number of aryl methyl sites for hydroxylation is 2.